The van der Waals surface area contributed by atoms with Crippen molar-refractivity contribution in [3.63, 3.8) is 0 Å². The van der Waals surface area contributed by atoms with Crippen LogP contribution in [0.2, 0.25) is 0 Å². The van der Waals surface area contributed by atoms with E-state index in [-0.39, 0.29) is 5.56 Å². The van der Waals surface area contributed by atoms with Gasteiger partial charge in [-0.1, -0.05) is 6.07 Å². The van der Waals surface area contributed by atoms with Crippen molar-refractivity contribution >= 4 is 22.9 Å². The highest BCUT2D eigenvalue weighted by atomic mass is 32.2. The molecule has 3 aromatic rings. The second-order valence-corrected chi connectivity index (χ2v) is 7.53. The topological polar surface area (TPSA) is 61.7 Å². The Morgan fingerprint density at radius 2 is 1.90 bits per heavy atom. The Morgan fingerprint density at radius 3 is 2.76 bits per heavy atom. The maximum absolute atomic E-state index is 11.7. The molecule has 4 rings (SSSR count). The molecule has 7 heteroatoms. The lowest BCUT2D eigenvalue weighted by Crippen LogP contribution is -2.15. The molecular formula is C22H22N2O4S. The highest BCUT2D eigenvalue weighted by molar-refractivity contribution is 7.95. The van der Waals surface area contributed by atoms with Crippen LogP contribution < -0.4 is 20.1 Å². The minimum atomic E-state index is -0.0213. The number of benzene rings is 2. The highest BCUT2D eigenvalue weighted by Gasteiger charge is 2.06. The van der Waals surface area contributed by atoms with E-state index in [1.54, 1.807) is 17.7 Å². The Kier molecular flexibility index (Phi) is 6.07. The molecule has 0 aliphatic carbocycles. The van der Waals surface area contributed by atoms with Crippen LogP contribution >= 0.6 is 12.0 Å². The zero-order chi connectivity index (χ0) is 20.1. The van der Waals surface area contributed by atoms with Crippen LogP contribution in [0.25, 0.3) is 10.9 Å². The van der Waals surface area contributed by atoms with Gasteiger partial charge in [0.25, 0.3) is 5.56 Å². The van der Waals surface area contributed by atoms with Crippen LogP contribution in [0.15, 0.2) is 76.1 Å². The molecule has 2 aromatic carbocycles. The van der Waals surface area contributed by atoms with Crippen molar-refractivity contribution in [1.82, 2.24) is 10.0 Å². The quantitative estimate of drug-likeness (QED) is 0.485. The van der Waals surface area contributed by atoms with Gasteiger partial charge in [-0.05, 0) is 60.2 Å². The normalized spacial score (nSPS) is 13.9. The summed E-state index contributed by atoms with van der Waals surface area (Å²) in [6.07, 6.45) is 3.75. The van der Waals surface area contributed by atoms with E-state index >= 15 is 0 Å². The Bertz CT molecular complexity index is 1090. The first-order valence-electron chi connectivity index (χ1n) is 9.41. The number of hydrogen-bond acceptors (Lipinski definition) is 6. The zero-order valence-electron chi connectivity index (χ0n) is 16.1. The van der Waals surface area contributed by atoms with Crippen LogP contribution in [0.5, 0.6) is 11.5 Å². The van der Waals surface area contributed by atoms with Crippen LogP contribution in [0.3, 0.4) is 0 Å². The fourth-order valence-corrected chi connectivity index (χ4v) is 3.65. The van der Waals surface area contributed by atoms with E-state index in [2.05, 4.69) is 5.48 Å². The van der Waals surface area contributed by atoms with E-state index in [0.717, 1.165) is 41.9 Å². The predicted molar refractivity (Wildman–Crippen MR) is 114 cm³/mol. The van der Waals surface area contributed by atoms with Gasteiger partial charge in [-0.3, -0.25) is 4.79 Å². The summed E-state index contributed by atoms with van der Waals surface area (Å²) in [5.74, 6) is 1.36. The molecule has 0 radical (unpaired) electrons. The molecule has 1 aliphatic heterocycles. The van der Waals surface area contributed by atoms with Gasteiger partial charge in [-0.15, -0.1) is 0 Å². The molecule has 1 fully saturated rings. The summed E-state index contributed by atoms with van der Waals surface area (Å²) in [5, 5.41) is 0.989. The van der Waals surface area contributed by atoms with E-state index < -0.39 is 0 Å². The standard InChI is InChI=1S/C22H22N2O4S/c1-24-21-7-6-20(13-17(21)5-8-22(24)25)29-28-19-4-2-3-18(14-19)27-23-15-16-9-11-26-12-10-16/h2-8,13-15,23H,9-12H2,1H3. The third-order valence-corrected chi connectivity index (χ3v) is 5.43. The van der Waals surface area contributed by atoms with Crippen molar-refractivity contribution in [2.24, 2.45) is 7.05 Å². The van der Waals surface area contributed by atoms with Crippen molar-refractivity contribution < 1.29 is 13.8 Å². The molecule has 0 atom stereocenters. The van der Waals surface area contributed by atoms with Crippen molar-refractivity contribution in [2.75, 3.05) is 13.2 Å². The van der Waals surface area contributed by atoms with Crippen LogP contribution in [-0.4, -0.2) is 17.8 Å². The summed E-state index contributed by atoms with van der Waals surface area (Å²) < 4.78 is 12.8. The minimum absolute atomic E-state index is 0.0213. The number of hydrogen-bond donors (Lipinski definition) is 1. The van der Waals surface area contributed by atoms with Crippen molar-refractivity contribution in [3.8, 4) is 11.5 Å². The maximum Gasteiger partial charge on any atom is 0.250 e. The van der Waals surface area contributed by atoms with E-state index in [1.807, 2.05) is 54.7 Å². The Labute approximate surface area is 173 Å². The third kappa shape index (κ3) is 4.93. The number of hydroxylamine groups is 1. The second kappa shape index (κ2) is 9.07. The summed E-state index contributed by atoms with van der Waals surface area (Å²) >= 11 is 1.26. The SMILES string of the molecule is Cn1c(=O)ccc2cc(SOc3cccc(ONC=C4CCOCC4)c3)ccc21. The van der Waals surface area contributed by atoms with Crippen molar-refractivity contribution in [1.29, 1.82) is 0 Å². The molecule has 1 aliphatic rings. The summed E-state index contributed by atoms with van der Waals surface area (Å²) in [6, 6.07) is 16.7. The monoisotopic (exact) mass is 410 g/mol. The number of nitrogens with one attached hydrogen (secondary N) is 1. The molecule has 29 heavy (non-hydrogen) atoms. The molecule has 1 saturated heterocycles. The van der Waals surface area contributed by atoms with Gasteiger partial charge in [-0.2, -0.15) is 0 Å². The molecule has 0 amide bonds. The highest BCUT2D eigenvalue weighted by Crippen LogP contribution is 2.28. The summed E-state index contributed by atoms with van der Waals surface area (Å²) in [5.41, 5.74) is 5.05. The number of fused-ring (bicyclic) bond motifs is 1. The summed E-state index contributed by atoms with van der Waals surface area (Å²) in [7, 11) is 1.77. The van der Waals surface area contributed by atoms with Gasteiger partial charge in [-0.25, -0.2) is 5.48 Å². The zero-order valence-corrected chi connectivity index (χ0v) is 16.9. The predicted octanol–water partition coefficient (Wildman–Crippen LogP) is 4.20. The minimum Gasteiger partial charge on any atom is -0.420 e. The first kappa shape index (κ1) is 19.4. The van der Waals surface area contributed by atoms with Gasteiger partial charge in [0.2, 0.25) is 0 Å². The summed E-state index contributed by atoms with van der Waals surface area (Å²) in [4.78, 5) is 18.3. The van der Waals surface area contributed by atoms with E-state index in [0.29, 0.717) is 11.5 Å². The van der Waals surface area contributed by atoms with E-state index in [9.17, 15) is 4.79 Å². The van der Waals surface area contributed by atoms with Crippen LogP contribution in [0.1, 0.15) is 12.8 Å². The number of pyridine rings is 1. The molecule has 0 bridgehead atoms. The van der Waals surface area contributed by atoms with E-state index in [4.69, 9.17) is 13.8 Å². The fraction of sp³-hybridized carbons (Fsp3) is 0.227. The second-order valence-electron chi connectivity index (χ2n) is 6.73. The van der Waals surface area contributed by atoms with Crippen LogP contribution in [0.4, 0.5) is 0 Å². The molecular weight excluding hydrogens is 388 g/mol. The fourth-order valence-electron chi connectivity index (χ4n) is 3.06. The van der Waals surface area contributed by atoms with Crippen molar-refractivity contribution in [2.45, 2.75) is 17.7 Å². The molecule has 0 unspecified atom stereocenters. The van der Waals surface area contributed by atoms with Gasteiger partial charge in [0, 0.05) is 30.3 Å². The van der Waals surface area contributed by atoms with Gasteiger partial charge >= 0.3 is 0 Å². The Balaban J connectivity index is 1.37. The number of nitrogens with zero attached hydrogens (tertiary/aromatic N) is 1. The Morgan fingerprint density at radius 1 is 1.07 bits per heavy atom. The van der Waals surface area contributed by atoms with Gasteiger partial charge in [0.15, 0.2) is 5.75 Å². The molecule has 1 aromatic heterocycles. The molecule has 2 heterocycles. The third-order valence-electron chi connectivity index (χ3n) is 4.71. The van der Waals surface area contributed by atoms with Crippen LogP contribution in [0, 0.1) is 0 Å². The molecule has 6 nitrogen and oxygen atoms in total. The van der Waals surface area contributed by atoms with Gasteiger partial charge in [0.05, 0.1) is 30.8 Å². The molecule has 0 spiro atoms. The number of aromatic nitrogens is 1. The summed E-state index contributed by atoms with van der Waals surface area (Å²) in [6.45, 7) is 1.53. The average Bonchev–Trinajstić information content (AvgIpc) is 2.76. The number of aryl methyl sites for hydroxylation is 1. The lowest BCUT2D eigenvalue weighted by Gasteiger charge is -2.15. The lowest BCUT2D eigenvalue weighted by molar-refractivity contribution is 0.117. The largest absolute Gasteiger partial charge is 0.420 e. The molecule has 0 saturated carbocycles. The van der Waals surface area contributed by atoms with E-state index in [1.165, 1.54) is 17.6 Å². The number of ether oxygens (including phenoxy) is 1. The average molecular weight is 410 g/mol. The smallest absolute Gasteiger partial charge is 0.250 e. The molecule has 150 valence electrons. The van der Waals surface area contributed by atoms with Crippen molar-refractivity contribution in [3.05, 3.63) is 76.7 Å². The molecule has 1 N–H and O–H groups in total. The first-order chi connectivity index (χ1) is 14.2. The van der Waals surface area contributed by atoms with Crippen LogP contribution in [-0.2, 0) is 11.8 Å². The van der Waals surface area contributed by atoms with Gasteiger partial charge < -0.3 is 18.3 Å². The number of rotatable bonds is 6. The lowest BCUT2D eigenvalue weighted by atomic mass is 10.1. The first-order valence-corrected chi connectivity index (χ1v) is 10.2. The van der Waals surface area contributed by atoms with Gasteiger partial charge in [0.1, 0.15) is 5.75 Å². The maximum atomic E-state index is 11.7. The Hall–Kier alpha value is -2.90.